The molecule has 2 N–H and O–H groups in total. The van der Waals surface area contributed by atoms with E-state index in [1.165, 1.54) is 0 Å². The third-order valence-corrected chi connectivity index (χ3v) is 4.09. The second-order valence-corrected chi connectivity index (χ2v) is 5.70. The number of nitrogens with zero attached hydrogens (tertiary/aromatic N) is 1. The third kappa shape index (κ3) is 2.15. The molecule has 0 saturated carbocycles. The predicted molar refractivity (Wildman–Crippen MR) is 89.0 cm³/mol. The minimum absolute atomic E-state index is 0.220. The number of nitrogens with two attached hydrogens (primary N) is 1. The van der Waals surface area contributed by atoms with Gasteiger partial charge < -0.3 is 10.2 Å². The van der Waals surface area contributed by atoms with Crippen LogP contribution in [-0.4, -0.2) is 4.98 Å². The minimum Gasteiger partial charge on any atom is -0.456 e. The number of furan rings is 1. The van der Waals surface area contributed by atoms with Crippen LogP contribution in [0.3, 0.4) is 0 Å². The molecule has 0 bridgehead atoms. The molecule has 0 spiro atoms. The van der Waals surface area contributed by atoms with Gasteiger partial charge in [-0.2, -0.15) is 0 Å². The fourth-order valence-electron chi connectivity index (χ4n) is 2.71. The zero-order chi connectivity index (χ0) is 15.1. The van der Waals surface area contributed by atoms with E-state index in [4.69, 9.17) is 21.8 Å². The van der Waals surface area contributed by atoms with Crippen molar-refractivity contribution in [3.05, 3.63) is 77.1 Å². The molecular weight excluding hydrogens is 296 g/mol. The van der Waals surface area contributed by atoms with Gasteiger partial charge in [-0.15, -0.1) is 0 Å². The van der Waals surface area contributed by atoms with Crippen LogP contribution in [-0.2, 0) is 0 Å². The van der Waals surface area contributed by atoms with Gasteiger partial charge in [0, 0.05) is 28.2 Å². The highest BCUT2D eigenvalue weighted by Gasteiger charge is 2.13. The Morgan fingerprint density at radius 2 is 1.73 bits per heavy atom. The lowest BCUT2D eigenvalue weighted by atomic mass is 9.99. The highest BCUT2D eigenvalue weighted by molar-refractivity contribution is 6.31. The molecule has 4 rings (SSSR count). The molecule has 0 radical (unpaired) electrons. The van der Waals surface area contributed by atoms with Crippen LogP contribution in [0.25, 0.3) is 21.9 Å². The fourth-order valence-corrected chi connectivity index (χ4v) is 2.89. The number of fused-ring (bicyclic) bond motifs is 3. The highest BCUT2D eigenvalue weighted by Crippen LogP contribution is 2.33. The lowest BCUT2D eigenvalue weighted by molar-refractivity contribution is 0.668. The Labute approximate surface area is 132 Å². The molecule has 0 aliphatic rings. The summed E-state index contributed by atoms with van der Waals surface area (Å²) in [6.07, 6.45) is 3.53. The molecule has 0 amide bonds. The largest absolute Gasteiger partial charge is 0.456 e. The minimum atomic E-state index is -0.220. The molecular formula is C18H13ClN2O. The van der Waals surface area contributed by atoms with Gasteiger partial charge in [0.2, 0.25) is 0 Å². The average molecular weight is 309 g/mol. The van der Waals surface area contributed by atoms with Crippen LogP contribution < -0.4 is 5.73 Å². The van der Waals surface area contributed by atoms with E-state index in [9.17, 15) is 0 Å². The van der Waals surface area contributed by atoms with Gasteiger partial charge in [0.15, 0.2) is 0 Å². The zero-order valence-corrected chi connectivity index (χ0v) is 12.4. The lowest BCUT2D eigenvalue weighted by Crippen LogP contribution is -2.11. The van der Waals surface area contributed by atoms with Crippen LogP contribution in [0.15, 0.2) is 65.3 Å². The maximum Gasteiger partial charge on any atom is 0.135 e. The summed E-state index contributed by atoms with van der Waals surface area (Å²) in [6.45, 7) is 0. The van der Waals surface area contributed by atoms with Gasteiger partial charge in [0.25, 0.3) is 0 Å². The second-order valence-electron chi connectivity index (χ2n) is 5.26. The van der Waals surface area contributed by atoms with Crippen LogP contribution in [0.2, 0.25) is 5.02 Å². The van der Waals surface area contributed by atoms with Crippen molar-refractivity contribution in [3.8, 4) is 0 Å². The Kier molecular flexibility index (Phi) is 3.10. The molecule has 0 saturated heterocycles. The summed E-state index contributed by atoms with van der Waals surface area (Å²) in [7, 11) is 0. The SMILES string of the molecule is NC(c1cccnc1)c1ccc2oc3ccc(Cl)cc3c2c1. The van der Waals surface area contributed by atoms with Crippen molar-refractivity contribution >= 4 is 33.5 Å². The van der Waals surface area contributed by atoms with E-state index in [0.717, 1.165) is 33.1 Å². The Morgan fingerprint density at radius 1 is 0.955 bits per heavy atom. The maximum absolute atomic E-state index is 6.35. The van der Waals surface area contributed by atoms with E-state index in [2.05, 4.69) is 11.1 Å². The molecule has 3 nitrogen and oxygen atoms in total. The van der Waals surface area contributed by atoms with Crippen molar-refractivity contribution < 1.29 is 4.42 Å². The van der Waals surface area contributed by atoms with Crippen LogP contribution in [0.1, 0.15) is 17.2 Å². The molecule has 0 aliphatic carbocycles. The molecule has 4 aromatic rings. The Hall–Kier alpha value is -2.36. The monoisotopic (exact) mass is 308 g/mol. The van der Waals surface area contributed by atoms with Crippen LogP contribution >= 0.6 is 11.6 Å². The molecule has 2 aromatic heterocycles. The van der Waals surface area contributed by atoms with Crippen molar-refractivity contribution in [3.63, 3.8) is 0 Å². The van der Waals surface area contributed by atoms with E-state index < -0.39 is 0 Å². The Bertz CT molecular complexity index is 963. The van der Waals surface area contributed by atoms with Gasteiger partial charge in [-0.1, -0.05) is 23.7 Å². The number of pyridine rings is 1. The van der Waals surface area contributed by atoms with Crippen molar-refractivity contribution in [2.24, 2.45) is 5.73 Å². The summed E-state index contributed by atoms with van der Waals surface area (Å²) in [5.41, 5.74) is 10.0. The number of benzene rings is 2. The van der Waals surface area contributed by atoms with Crippen LogP contribution in [0.5, 0.6) is 0 Å². The smallest absolute Gasteiger partial charge is 0.135 e. The van der Waals surface area contributed by atoms with Crippen molar-refractivity contribution in [1.82, 2.24) is 4.98 Å². The second kappa shape index (κ2) is 5.13. The van der Waals surface area contributed by atoms with Crippen molar-refractivity contribution in [2.45, 2.75) is 6.04 Å². The molecule has 1 atom stereocenters. The van der Waals surface area contributed by atoms with E-state index in [-0.39, 0.29) is 6.04 Å². The molecule has 2 heterocycles. The number of hydrogen-bond donors (Lipinski definition) is 1. The first kappa shape index (κ1) is 13.3. The molecule has 108 valence electrons. The summed E-state index contributed by atoms with van der Waals surface area (Å²) >= 11 is 6.10. The number of hydrogen-bond acceptors (Lipinski definition) is 3. The standard InChI is InChI=1S/C18H13ClN2O/c19-13-4-6-17-15(9-13)14-8-11(3-5-16(14)22-17)18(20)12-2-1-7-21-10-12/h1-10,18H,20H2. The van der Waals surface area contributed by atoms with Crippen LogP contribution in [0, 0.1) is 0 Å². The fraction of sp³-hybridized carbons (Fsp3) is 0.0556. The van der Waals surface area contributed by atoms with Gasteiger partial charge in [-0.3, -0.25) is 4.98 Å². The van der Waals surface area contributed by atoms with E-state index in [1.807, 2.05) is 42.5 Å². The first-order chi connectivity index (χ1) is 10.7. The summed E-state index contributed by atoms with van der Waals surface area (Å²) in [5, 5.41) is 2.72. The van der Waals surface area contributed by atoms with E-state index >= 15 is 0 Å². The van der Waals surface area contributed by atoms with E-state index in [0.29, 0.717) is 5.02 Å². The molecule has 2 aromatic carbocycles. The number of aromatic nitrogens is 1. The Morgan fingerprint density at radius 3 is 2.50 bits per heavy atom. The van der Waals surface area contributed by atoms with Gasteiger partial charge in [0.05, 0.1) is 6.04 Å². The summed E-state index contributed by atoms with van der Waals surface area (Å²) in [6, 6.07) is 15.3. The van der Waals surface area contributed by atoms with Crippen LogP contribution in [0.4, 0.5) is 0 Å². The first-order valence-electron chi connectivity index (χ1n) is 6.99. The normalized spacial score (nSPS) is 12.8. The quantitative estimate of drug-likeness (QED) is 0.585. The number of halogens is 1. The third-order valence-electron chi connectivity index (χ3n) is 3.86. The van der Waals surface area contributed by atoms with Crippen molar-refractivity contribution in [1.29, 1.82) is 0 Å². The van der Waals surface area contributed by atoms with Crippen molar-refractivity contribution in [2.75, 3.05) is 0 Å². The van der Waals surface area contributed by atoms with Gasteiger partial charge in [-0.25, -0.2) is 0 Å². The summed E-state index contributed by atoms with van der Waals surface area (Å²) < 4.78 is 5.84. The zero-order valence-electron chi connectivity index (χ0n) is 11.7. The summed E-state index contributed by atoms with van der Waals surface area (Å²) in [5.74, 6) is 0. The van der Waals surface area contributed by atoms with Gasteiger partial charge in [0.1, 0.15) is 11.2 Å². The lowest BCUT2D eigenvalue weighted by Gasteiger charge is -2.11. The summed E-state index contributed by atoms with van der Waals surface area (Å²) in [4.78, 5) is 4.13. The van der Waals surface area contributed by atoms with E-state index in [1.54, 1.807) is 12.4 Å². The average Bonchev–Trinajstić information content (AvgIpc) is 2.92. The molecule has 0 aliphatic heterocycles. The molecule has 1 unspecified atom stereocenters. The van der Waals surface area contributed by atoms with Gasteiger partial charge in [-0.05, 0) is 47.5 Å². The first-order valence-corrected chi connectivity index (χ1v) is 7.37. The van der Waals surface area contributed by atoms with Gasteiger partial charge >= 0.3 is 0 Å². The highest BCUT2D eigenvalue weighted by atomic mass is 35.5. The molecule has 22 heavy (non-hydrogen) atoms. The topological polar surface area (TPSA) is 52.0 Å². The predicted octanol–water partition coefficient (Wildman–Crippen LogP) is 4.68. The maximum atomic E-state index is 6.35. The number of rotatable bonds is 2. The Balaban J connectivity index is 1.89. The molecule has 4 heteroatoms. The molecule has 0 fully saturated rings.